The van der Waals surface area contributed by atoms with Gasteiger partial charge in [-0.1, -0.05) is 6.07 Å². The molecule has 0 bridgehead atoms. The first-order chi connectivity index (χ1) is 12.8. The summed E-state index contributed by atoms with van der Waals surface area (Å²) in [7, 11) is 0. The maximum absolute atomic E-state index is 12.2. The summed E-state index contributed by atoms with van der Waals surface area (Å²) in [4.78, 5) is 48.9. The Hall–Kier alpha value is -3.21. The molecule has 8 heteroatoms. The Kier molecular flexibility index (Phi) is 4.95. The summed E-state index contributed by atoms with van der Waals surface area (Å²) in [5, 5.41) is 11.8. The van der Waals surface area contributed by atoms with Gasteiger partial charge in [0.05, 0.1) is 17.3 Å². The van der Waals surface area contributed by atoms with Crippen LogP contribution in [0.1, 0.15) is 43.0 Å². The van der Waals surface area contributed by atoms with Crippen LogP contribution < -0.4 is 10.2 Å². The number of nitrogens with zero attached hydrogens (tertiary/aromatic N) is 2. The summed E-state index contributed by atoms with van der Waals surface area (Å²) < 4.78 is 5.00. The lowest BCUT2D eigenvalue weighted by Gasteiger charge is -2.22. The molecule has 1 saturated carbocycles. The highest BCUT2D eigenvalue weighted by molar-refractivity contribution is 6.20. The summed E-state index contributed by atoms with van der Waals surface area (Å²) in [5.41, 5.74) is -0.537. The van der Waals surface area contributed by atoms with E-state index in [0.29, 0.717) is 5.69 Å². The maximum atomic E-state index is 12.2. The van der Waals surface area contributed by atoms with Crippen LogP contribution in [0.25, 0.3) is 0 Å². The van der Waals surface area contributed by atoms with E-state index in [9.17, 15) is 24.4 Å². The van der Waals surface area contributed by atoms with E-state index in [2.05, 4.69) is 11.4 Å². The molecule has 1 aliphatic heterocycles. The van der Waals surface area contributed by atoms with E-state index in [1.54, 1.807) is 13.0 Å². The lowest BCUT2D eigenvalue weighted by Crippen LogP contribution is -2.48. The van der Waals surface area contributed by atoms with Gasteiger partial charge < -0.3 is 10.1 Å². The average molecular weight is 369 g/mol. The van der Waals surface area contributed by atoms with Crippen LogP contribution in [0.5, 0.6) is 0 Å². The summed E-state index contributed by atoms with van der Waals surface area (Å²) in [6.07, 6.45) is 2.05. The third kappa shape index (κ3) is 3.97. The van der Waals surface area contributed by atoms with Crippen LogP contribution in [0, 0.1) is 17.2 Å². The van der Waals surface area contributed by atoms with Crippen molar-refractivity contribution in [3.8, 4) is 6.07 Å². The first kappa shape index (κ1) is 18.6. The number of ether oxygens (including phenoxy) is 1. The number of anilines is 1. The number of imide groups is 1. The quantitative estimate of drug-likeness (QED) is 0.597. The second-order valence-corrected chi connectivity index (χ2v) is 6.89. The van der Waals surface area contributed by atoms with Crippen LogP contribution in [0.4, 0.5) is 5.69 Å². The standard InChI is InChI=1S/C19H19N3O5/c1-19(11-20,13-5-6-13)21-15(23)10-27-18(26)12-3-2-4-14(9-12)22-16(24)7-8-17(22)25/h2-4,9,13H,5-8,10H2,1H3,(H,21,23)/t19-/m1/s1. The molecule has 8 nitrogen and oxygen atoms in total. The Morgan fingerprint density at radius 3 is 2.56 bits per heavy atom. The minimum absolute atomic E-state index is 0.120. The van der Waals surface area contributed by atoms with Gasteiger partial charge in [-0.3, -0.25) is 19.3 Å². The molecule has 1 aromatic carbocycles. The summed E-state index contributed by atoms with van der Waals surface area (Å²) in [6, 6.07) is 8.03. The molecule has 1 atom stereocenters. The Morgan fingerprint density at radius 1 is 1.30 bits per heavy atom. The predicted octanol–water partition coefficient (Wildman–Crippen LogP) is 1.31. The smallest absolute Gasteiger partial charge is 0.338 e. The first-order valence-corrected chi connectivity index (χ1v) is 8.69. The van der Waals surface area contributed by atoms with E-state index in [4.69, 9.17) is 4.74 Å². The van der Waals surface area contributed by atoms with Crippen LogP contribution in [0.3, 0.4) is 0 Å². The monoisotopic (exact) mass is 369 g/mol. The molecule has 0 radical (unpaired) electrons. The fourth-order valence-electron chi connectivity index (χ4n) is 3.06. The highest BCUT2D eigenvalue weighted by atomic mass is 16.5. The molecule has 2 fully saturated rings. The van der Waals surface area contributed by atoms with Crippen molar-refractivity contribution in [2.45, 2.75) is 38.1 Å². The van der Waals surface area contributed by atoms with Gasteiger partial charge >= 0.3 is 5.97 Å². The SMILES string of the molecule is C[C@](C#N)(NC(=O)COC(=O)c1cccc(N2C(=O)CCC2=O)c1)C1CC1. The number of carbonyl (C=O) groups excluding carboxylic acids is 4. The van der Waals surface area contributed by atoms with Crippen molar-refractivity contribution in [3.05, 3.63) is 29.8 Å². The Bertz CT molecular complexity index is 839. The van der Waals surface area contributed by atoms with Gasteiger partial charge in [-0.2, -0.15) is 5.26 Å². The van der Waals surface area contributed by atoms with Crippen molar-refractivity contribution in [2.24, 2.45) is 5.92 Å². The molecule has 1 saturated heterocycles. The molecule has 0 aromatic heterocycles. The topological polar surface area (TPSA) is 117 Å². The molecule has 0 spiro atoms. The second-order valence-electron chi connectivity index (χ2n) is 6.89. The predicted molar refractivity (Wildman–Crippen MR) is 93.3 cm³/mol. The highest BCUT2D eigenvalue weighted by Gasteiger charge is 2.43. The minimum Gasteiger partial charge on any atom is -0.452 e. The van der Waals surface area contributed by atoms with Crippen molar-refractivity contribution in [3.63, 3.8) is 0 Å². The molecular weight excluding hydrogens is 350 g/mol. The number of hydrogen-bond acceptors (Lipinski definition) is 6. The Balaban J connectivity index is 1.61. The van der Waals surface area contributed by atoms with Crippen LogP contribution >= 0.6 is 0 Å². The zero-order valence-corrected chi connectivity index (χ0v) is 14.9. The van der Waals surface area contributed by atoms with Gasteiger partial charge in [0.15, 0.2) is 6.61 Å². The highest BCUT2D eigenvalue weighted by Crippen LogP contribution is 2.39. The van der Waals surface area contributed by atoms with Crippen molar-refractivity contribution in [2.75, 3.05) is 11.5 Å². The molecule has 27 heavy (non-hydrogen) atoms. The van der Waals surface area contributed by atoms with Crippen molar-refractivity contribution in [1.82, 2.24) is 5.32 Å². The van der Waals surface area contributed by atoms with Gasteiger partial charge in [-0.15, -0.1) is 0 Å². The zero-order chi connectivity index (χ0) is 19.6. The van der Waals surface area contributed by atoms with Gasteiger partial charge in [0.25, 0.3) is 5.91 Å². The van der Waals surface area contributed by atoms with Gasteiger partial charge in [0, 0.05) is 12.8 Å². The molecule has 140 valence electrons. The number of benzene rings is 1. The number of nitrogens with one attached hydrogen (secondary N) is 1. The number of carbonyl (C=O) groups is 4. The molecular formula is C19H19N3O5. The lowest BCUT2D eigenvalue weighted by atomic mass is 9.98. The van der Waals surface area contributed by atoms with Crippen LogP contribution in [0.15, 0.2) is 24.3 Å². The average Bonchev–Trinajstić information content (AvgIpc) is 3.46. The van der Waals surface area contributed by atoms with E-state index in [1.165, 1.54) is 18.2 Å². The van der Waals surface area contributed by atoms with E-state index in [1.807, 2.05) is 0 Å². The number of rotatable bonds is 6. The largest absolute Gasteiger partial charge is 0.452 e. The van der Waals surface area contributed by atoms with E-state index in [-0.39, 0.29) is 36.1 Å². The fourth-order valence-corrected chi connectivity index (χ4v) is 3.06. The van der Waals surface area contributed by atoms with Crippen LogP contribution in [0.2, 0.25) is 0 Å². The molecule has 0 unspecified atom stereocenters. The molecule has 3 amide bonds. The van der Waals surface area contributed by atoms with Gasteiger partial charge in [-0.05, 0) is 43.9 Å². The van der Waals surface area contributed by atoms with Gasteiger partial charge in [0.2, 0.25) is 11.8 Å². The maximum Gasteiger partial charge on any atom is 0.338 e. The second kappa shape index (κ2) is 7.19. The zero-order valence-electron chi connectivity index (χ0n) is 14.9. The van der Waals surface area contributed by atoms with Gasteiger partial charge in [0.1, 0.15) is 5.54 Å². The van der Waals surface area contributed by atoms with Gasteiger partial charge in [-0.25, -0.2) is 4.79 Å². The van der Waals surface area contributed by atoms with E-state index >= 15 is 0 Å². The normalized spacial score (nSPS) is 18.6. The van der Waals surface area contributed by atoms with Crippen molar-refractivity contribution >= 4 is 29.4 Å². The molecule has 2 aliphatic rings. The molecule has 1 aliphatic carbocycles. The number of hydrogen-bond donors (Lipinski definition) is 1. The molecule has 1 aromatic rings. The van der Waals surface area contributed by atoms with E-state index in [0.717, 1.165) is 17.7 Å². The van der Waals surface area contributed by atoms with Crippen LogP contribution in [-0.4, -0.2) is 35.8 Å². The van der Waals surface area contributed by atoms with Crippen molar-refractivity contribution in [1.29, 1.82) is 5.26 Å². The third-order valence-corrected chi connectivity index (χ3v) is 4.75. The van der Waals surface area contributed by atoms with Crippen LogP contribution in [-0.2, 0) is 19.1 Å². The molecule has 1 heterocycles. The summed E-state index contributed by atoms with van der Waals surface area (Å²) in [5.74, 6) is -1.83. The summed E-state index contributed by atoms with van der Waals surface area (Å²) >= 11 is 0. The minimum atomic E-state index is -0.958. The number of amides is 3. The molecule has 1 N–H and O–H groups in total. The van der Waals surface area contributed by atoms with Crippen molar-refractivity contribution < 1.29 is 23.9 Å². The molecule has 3 rings (SSSR count). The lowest BCUT2D eigenvalue weighted by molar-refractivity contribution is -0.125. The number of nitriles is 1. The third-order valence-electron chi connectivity index (χ3n) is 4.75. The fraction of sp³-hybridized carbons (Fsp3) is 0.421. The van der Waals surface area contributed by atoms with E-state index < -0.39 is 24.0 Å². The summed E-state index contributed by atoms with van der Waals surface area (Å²) in [6.45, 7) is 1.13. The Morgan fingerprint density at radius 2 is 1.96 bits per heavy atom. The Labute approximate surface area is 156 Å². The number of esters is 1. The first-order valence-electron chi connectivity index (χ1n) is 8.69.